The van der Waals surface area contributed by atoms with Gasteiger partial charge in [-0.1, -0.05) is 18.2 Å². The van der Waals surface area contributed by atoms with Crippen molar-refractivity contribution < 1.29 is 0 Å². The molecule has 17 heavy (non-hydrogen) atoms. The van der Waals surface area contributed by atoms with E-state index in [1.165, 1.54) is 31.4 Å². The predicted octanol–water partition coefficient (Wildman–Crippen LogP) is 3.43. The van der Waals surface area contributed by atoms with Gasteiger partial charge in [0.05, 0.1) is 0 Å². The highest BCUT2D eigenvalue weighted by molar-refractivity contribution is 5.12. The summed E-state index contributed by atoms with van der Waals surface area (Å²) in [6.07, 6.45) is 12.3. The van der Waals surface area contributed by atoms with Crippen molar-refractivity contribution in [1.29, 1.82) is 0 Å². The highest BCUT2D eigenvalue weighted by atomic mass is 15.1. The summed E-state index contributed by atoms with van der Waals surface area (Å²) in [6.45, 7) is 3.44. The minimum atomic E-state index is 0.453. The Morgan fingerprint density at radius 2 is 2.35 bits per heavy atom. The maximum atomic E-state index is 4.20. The van der Waals surface area contributed by atoms with E-state index in [2.05, 4.69) is 42.1 Å². The summed E-state index contributed by atoms with van der Waals surface area (Å²) < 4.78 is 0. The molecule has 1 heterocycles. The standard InChI is InChI=1S/C15H22N2/c1-13(15-9-6-10-16-11-15)17(2)12-14-7-4-3-5-8-14/h3-4,6,9-11,13-14H,5,7-8,12H2,1-2H3/t13-,14+/m1/s1. The lowest BCUT2D eigenvalue weighted by molar-refractivity contribution is 0.212. The average molecular weight is 230 g/mol. The summed E-state index contributed by atoms with van der Waals surface area (Å²) in [5.74, 6) is 0.823. The molecule has 0 unspecified atom stereocenters. The molecule has 1 aliphatic carbocycles. The molecule has 0 amide bonds. The van der Waals surface area contributed by atoms with Crippen LogP contribution in [0.2, 0.25) is 0 Å². The molecule has 2 atom stereocenters. The van der Waals surface area contributed by atoms with Gasteiger partial charge in [0.1, 0.15) is 0 Å². The first-order valence-electron chi connectivity index (χ1n) is 6.52. The van der Waals surface area contributed by atoms with Gasteiger partial charge in [0.15, 0.2) is 0 Å². The van der Waals surface area contributed by atoms with Crippen LogP contribution in [0.5, 0.6) is 0 Å². The van der Waals surface area contributed by atoms with E-state index in [0.717, 1.165) is 5.92 Å². The van der Waals surface area contributed by atoms with Crippen molar-refractivity contribution in [3.8, 4) is 0 Å². The Bertz CT molecular complexity index is 358. The molecule has 92 valence electrons. The van der Waals surface area contributed by atoms with Crippen molar-refractivity contribution in [2.24, 2.45) is 5.92 Å². The molecule has 0 radical (unpaired) electrons. The number of nitrogens with zero attached hydrogens (tertiary/aromatic N) is 2. The normalized spacial score (nSPS) is 21.7. The lowest BCUT2D eigenvalue weighted by Gasteiger charge is -2.29. The van der Waals surface area contributed by atoms with E-state index >= 15 is 0 Å². The summed E-state index contributed by atoms with van der Waals surface area (Å²) in [5, 5.41) is 0. The SMILES string of the molecule is C[C@H](c1cccnc1)N(C)C[C@H]1CC=CCC1. The second-order valence-electron chi connectivity index (χ2n) is 5.05. The van der Waals surface area contributed by atoms with Gasteiger partial charge in [0.2, 0.25) is 0 Å². The molecule has 2 heteroatoms. The van der Waals surface area contributed by atoms with E-state index in [1.54, 1.807) is 0 Å². The predicted molar refractivity (Wildman–Crippen MR) is 71.8 cm³/mol. The second-order valence-corrected chi connectivity index (χ2v) is 5.05. The first kappa shape index (κ1) is 12.3. The van der Waals surface area contributed by atoms with Crippen LogP contribution in [0, 0.1) is 5.92 Å². The lowest BCUT2D eigenvalue weighted by atomic mass is 9.93. The summed E-state index contributed by atoms with van der Waals surface area (Å²) in [6, 6.07) is 4.63. The van der Waals surface area contributed by atoms with Crippen LogP contribution >= 0.6 is 0 Å². The summed E-state index contributed by atoms with van der Waals surface area (Å²) in [5.41, 5.74) is 1.31. The van der Waals surface area contributed by atoms with Crippen molar-refractivity contribution in [3.05, 3.63) is 42.2 Å². The summed E-state index contributed by atoms with van der Waals surface area (Å²) in [4.78, 5) is 6.64. The molecule has 0 saturated heterocycles. The van der Waals surface area contributed by atoms with Gasteiger partial charge in [0, 0.05) is 25.0 Å². The van der Waals surface area contributed by atoms with Gasteiger partial charge >= 0.3 is 0 Å². The Kier molecular flexibility index (Phi) is 4.32. The van der Waals surface area contributed by atoms with E-state index in [4.69, 9.17) is 0 Å². The van der Waals surface area contributed by atoms with Crippen molar-refractivity contribution in [2.75, 3.05) is 13.6 Å². The summed E-state index contributed by atoms with van der Waals surface area (Å²) >= 11 is 0. The quantitative estimate of drug-likeness (QED) is 0.737. The van der Waals surface area contributed by atoms with Crippen molar-refractivity contribution >= 4 is 0 Å². The fourth-order valence-electron chi connectivity index (χ4n) is 2.47. The largest absolute Gasteiger partial charge is 0.299 e. The molecule has 1 aliphatic rings. The molecule has 2 rings (SSSR count). The van der Waals surface area contributed by atoms with E-state index in [1.807, 2.05) is 18.5 Å². The molecule has 2 nitrogen and oxygen atoms in total. The van der Waals surface area contributed by atoms with Crippen LogP contribution in [0.4, 0.5) is 0 Å². The van der Waals surface area contributed by atoms with Crippen LogP contribution < -0.4 is 0 Å². The third-order valence-corrected chi connectivity index (χ3v) is 3.75. The molecular formula is C15H22N2. The Labute approximate surface area is 104 Å². The molecule has 0 spiro atoms. The zero-order valence-corrected chi connectivity index (χ0v) is 10.8. The molecule has 0 fully saturated rings. The van der Waals surface area contributed by atoms with Gasteiger partial charge in [-0.25, -0.2) is 0 Å². The fraction of sp³-hybridized carbons (Fsp3) is 0.533. The van der Waals surface area contributed by atoms with E-state index < -0.39 is 0 Å². The minimum Gasteiger partial charge on any atom is -0.299 e. The first-order chi connectivity index (χ1) is 8.27. The fourth-order valence-corrected chi connectivity index (χ4v) is 2.47. The molecule has 1 aromatic rings. The summed E-state index contributed by atoms with van der Waals surface area (Å²) in [7, 11) is 2.22. The number of hydrogen-bond acceptors (Lipinski definition) is 2. The van der Waals surface area contributed by atoms with Crippen LogP contribution in [0.25, 0.3) is 0 Å². The number of allylic oxidation sites excluding steroid dienone is 2. The Hall–Kier alpha value is -1.15. The average Bonchev–Trinajstić information content (AvgIpc) is 2.40. The topological polar surface area (TPSA) is 16.1 Å². The molecule has 0 saturated carbocycles. The highest BCUT2D eigenvalue weighted by Crippen LogP contribution is 2.23. The van der Waals surface area contributed by atoms with Crippen LogP contribution in [0.15, 0.2) is 36.7 Å². The molecule has 0 bridgehead atoms. The van der Waals surface area contributed by atoms with Crippen molar-refractivity contribution in [1.82, 2.24) is 9.88 Å². The second kappa shape index (κ2) is 5.97. The molecule has 0 N–H and O–H groups in total. The zero-order valence-electron chi connectivity index (χ0n) is 10.8. The monoisotopic (exact) mass is 230 g/mol. The lowest BCUT2D eigenvalue weighted by Crippen LogP contribution is -2.29. The zero-order chi connectivity index (χ0) is 12.1. The maximum Gasteiger partial charge on any atom is 0.0332 e. The Balaban J connectivity index is 1.91. The van der Waals surface area contributed by atoms with Crippen LogP contribution in [0.1, 0.15) is 37.8 Å². The van der Waals surface area contributed by atoms with Crippen molar-refractivity contribution in [2.45, 2.75) is 32.2 Å². The maximum absolute atomic E-state index is 4.20. The highest BCUT2D eigenvalue weighted by Gasteiger charge is 2.17. The number of rotatable bonds is 4. The Morgan fingerprint density at radius 3 is 3.00 bits per heavy atom. The Morgan fingerprint density at radius 1 is 1.47 bits per heavy atom. The third-order valence-electron chi connectivity index (χ3n) is 3.75. The van der Waals surface area contributed by atoms with Crippen molar-refractivity contribution in [3.63, 3.8) is 0 Å². The molecule has 0 aliphatic heterocycles. The first-order valence-corrected chi connectivity index (χ1v) is 6.52. The molecule has 0 aromatic carbocycles. The van der Waals surface area contributed by atoms with E-state index in [-0.39, 0.29) is 0 Å². The van der Waals surface area contributed by atoms with E-state index in [0.29, 0.717) is 6.04 Å². The van der Waals surface area contributed by atoms with Crippen LogP contribution in [-0.4, -0.2) is 23.5 Å². The number of aromatic nitrogens is 1. The third kappa shape index (κ3) is 3.40. The van der Waals surface area contributed by atoms with E-state index in [9.17, 15) is 0 Å². The smallest absolute Gasteiger partial charge is 0.0332 e. The van der Waals surface area contributed by atoms with Gasteiger partial charge in [-0.05, 0) is 50.8 Å². The van der Waals surface area contributed by atoms with Gasteiger partial charge in [-0.3, -0.25) is 9.88 Å². The minimum absolute atomic E-state index is 0.453. The molecular weight excluding hydrogens is 208 g/mol. The van der Waals surface area contributed by atoms with Gasteiger partial charge in [0.25, 0.3) is 0 Å². The number of pyridine rings is 1. The van der Waals surface area contributed by atoms with Gasteiger partial charge < -0.3 is 0 Å². The van der Waals surface area contributed by atoms with Crippen LogP contribution in [-0.2, 0) is 0 Å². The number of hydrogen-bond donors (Lipinski definition) is 0. The van der Waals surface area contributed by atoms with Crippen LogP contribution in [0.3, 0.4) is 0 Å². The molecule has 1 aromatic heterocycles. The van der Waals surface area contributed by atoms with Gasteiger partial charge in [-0.2, -0.15) is 0 Å². The van der Waals surface area contributed by atoms with Gasteiger partial charge in [-0.15, -0.1) is 0 Å².